The van der Waals surface area contributed by atoms with Crippen LogP contribution in [-0.4, -0.2) is 41.1 Å². The Bertz CT molecular complexity index is 436. The molecule has 4 nitrogen and oxygen atoms in total. The molecule has 0 bridgehead atoms. The zero-order valence-corrected chi connectivity index (χ0v) is 10.3. The summed E-state index contributed by atoms with van der Waals surface area (Å²) in [6, 6.07) is 7.88. The number of likely N-dealkylation sites (tertiary alicyclic amines) is 1. The number of carbonyl (C=O) groups is 1. The first-order valence-corrected chi connectivity index (χ1v) is 6.55. The number of fused-ring (bicyclic) bond motifs is 1. The molecule has 0 radical (unpaired) electrons. The van der Waals surface area contributed by atoms with Crippen LogP contribution in [0.2, 0.25) is 0 Å². The largest absolute Gasteiger partial charge is 0.391 e. The van der Waals surface area contributed by atoms with Gasteiger partial charge in [-0.3, -0.25) is 4.79 Å². The highest BCUT2D eigenvalue weighted by atomic mass is 16.3. The Labute approximate surface area is 107 Å². The minimum atomic E-state index is -0.355. The van der Waals surface area contributed by atoms with Crippen LogP contribution in [0.25, 0.3) is 0 Å². The van der Waals surface area contributed by atoms with Gasteiger partial charge in [-0.15, -0.1) is 0 Å². The maximum Gasteiger partial charge on any atom is 0.245 e. The number of amides is 1. The zero-order chi connectivity index (χ0) is 12.5. The van der Waals surface area contributed by atoms with Crippen LogP contribution in [0.4, 0.5) is 5.69 Å². The minimum Gasteiger partial charge on any atom is -0.391 e. The number of β-amino-alcohol motifs (C(OH)–C–C–N with tert-alkyl or cyclic N) is 1. The zero-order valence-electron chi connectivity index (χ0n) is 10.3. The Morgan fingerprint density at radius 2 is 2.22 bits per heavy atom. The van der Waals surface area contributed by atoms with E-state index >= 15 is 0 Å². The van der Waals surface area contributed by atoms with Gasteiger partial charge in [0.25, 0.3) is 0 Å². The van der Waals surface area contributed by atoms with Gasteiger partial charge in [-0.05, 0) is 24.5 Å². The van der Waals surface area contributed by atoms with Crippen molar-refractivity contribution in [3.05, 3.63) is 29.8 Å². The molecule has 2 unspecified atom stereocenters. The van der Waals surface area contributed by atoms with Crippen LogP contribution in [0.15, 0.2) is 24.3 Å². The average Bonchev–Trinajstić information content (AvgIpc) is 2.81. The second kappa shape index (κ2) is 4.61. The predicted molar refractivity (Wildman–Crippen MR) is 69.4 cm³/mol. The lowest BCUT2D eigenvalue weighted by molar-refractivity contribution is -0.134. The average molecular weight is 246 g/mol. The van der Waals surface area contributed by atoms with Crippen molar-refractivity contribution in [1.29, 1.82) is 0 Å². The van der Waals surface area contributed by atoms with E-state index in [9.17, 15) is 9.90 Å². The Balaban J connectivity index is 1.68. The summed E-state index contributed by atoms with van der Waals surface area (Å²) in [6.07, 6.45) is 2.10. The van der Waals surface area contributed by atoms with Gasteiger partial charge in [0.05, 0.1) is 6.10 Å². The molecule has 1 aromatic rings. The lowest BCUT2D eigenvalue weighted by Gasteiger charge is -2.32. The number of hydrogen-bond acceptors (Lipinski definition) is 3. The molecule has 1 aromatic carbocycles. The molecule has 4 heteroatoms. The molecule has 1 fully saturated rings. The fourth-order valence-electron chi connectivity index (χ4n) is 2.82. The molecule has 2 N–H and O–H groups in total. The third-order valence-electron chi connectivity index (χ3n) is 3.78. The summed E-state index contributed by atoms with van der Waals surface area (Å²) in [5.41, 5.74) is 2.27. The standard InChI is InChI=1S/C14H18N2O2/c17-11-5-3-7-16(9-11)14(18)13-8-10-4-1-2-6-12(10)15-13/h1-2,4,6,11,13,15,17H,3,5,7-9H2. The molecule has 1 saturated heterocycles. The van der Waals surface area contributed by atoms with E-state index in [-0.39, 0.29) is 18.1 Å². The summed E-state index contributed by atoms with van der Waals surface area (Å²) in [7, 11) is 0. The van der Waals surface area contributed by atoms with Gasteiger partial charge in [0.15, 0.2) is 0 Å². The first-order chi connectivity index (χ1) is 8.74. The molecule has 3 rings (SSSR count). The van der Waals surface area contributed by atoms with E-state index < -0.39 is 0 Å². The van der Waals surface area contributed by atoms with Gasteiger partial charge in [-0.2, -0.15) is 0 Å². The molecular formula is C14H18N2O2. The molecule has 0 saturated carbocycles. The quantitative estimate of drug-likeness (QED) is 0.777. The number of aliphatic hydroxyl groups is 1. The number of benzene rings is 1. The number of aliphatic hydroxyl groups excluding tert-OH is 1. The van der Waals surface area contributed by atoms with Crippen molar-refractivity contribution >= 4 is 11.6 Å². The second-order valence-corrected chi connectivity index (χ2v) is 5.14. The maximum absolute atomic E-state index is 12.4. The number of nitrogens with one attached hydrogen (secondary N) is 1. The molecule has 96 valence electrons. The predicted octanol–water partition coefficient (Wildman–Crippen LogP) is 1.01. The van der Waals surface area contributed by atoms with Crippen LogP contribution in [0, 0.1) is 0 Å². The molecule has 0 aliphatic carbocycles. The van der Waals surface area contributed by atoms with Gasteiger partial charge in [0.2, 0.25) is 5.91 Å². The Morgan fingerprint density at radius 3 is 3.00 bits per heavy atom. The van der Waals surface area contributed by atoms with E-state index in [0.717, 1.165) is 31.5 Å². The van der Waals surface area contributed by atoms with E-state index in [1.54, 1.807) is 4.90 Å². The van der Waals surface area contributed by atoms with Crippen LogP contribution >= 0.6 is 0 Å². The summed E-state index contributed by atoms with van der Waals surface area (Å²) >= 11 is 0. The van der Waals surface area contributed by atoms with Crippen molar-refractivity contribution in [1.82, 2.24) is 4.90 Å². The lowest BCUT2D eigenvalue weighted by Crippen LogP contribution is -2.48. The lowest BCUT2D eigenvalue weighted by atomic mass is 10.1. The second-order valence-electron chi connectivity index (χ2n) is 5.14. The van der Waals surface area contributed by atoms with Gasteiger partial charge in [0.1, 0.15) is 6.04 Å². The van der Waals surface area contributed by atoms with Crippen molar-refractivity contribution in [2.45, 2.75) is 31.4 Å². The van der Waals surface area contributed by atoms with Crippen molar-refractivity contribution in [3.8, 4) is 0 Å². The Hall–Kier alpha value is -1.55. The molecule has 0 aromatic heterocycles. The number of para-hydroxylation sites is 1. The summed E-state index contributed by atoms with van der Waals surface area (Å²) in [4.78, 5) is 14.2. The number of nitrogens with zero attached hydrogens (tertiary/aromatic N) is 1. The molecule has 18 heavy (non-hydrogen) atoms. The summed E-state index contributed by atoms with van der Waals surface area (Å²) in [5.74, 6) is 0.116. The smallest absolute Gasteiger partial charge is 0.245 e. The molecule has 2 atom stereocenters. The highest BCUT2D eigenvalue weighted by Crippen LogP contribution is 2.26. The highest BCUT2D eigenvalue weighted by Gasteiger charge is 2.31. The normalized spacial score (nSPS) is 26.6. The van der Waals surface area contributed by atoms with Gasteiger partial charge >= 0.3 is 0 Å². The van der Waals surface area contributed by atoms with E-state index in [2.05, 4.69) is 11.4 Å². The van der Waals surface area contributed by atoms with Gasteiger partial charge in [-0.1, -0.05) is 18.2 Å². The van der Waals surface area contributed by atoms with Crippen molar-refractivity contribution in [2.24, 2.45) is 0 Å². The number of piperidine rings is 1. The SMILES string of the molecule is O=C(C1Cc2ccccc2N1)N1CCCC(O)C1. The number of anilines is 1. The molecule has 2 aliphatic heterocycles. The topological polar surface area (TPSA) is 52.6 Å². The van der Waals surface area contributed by atoms with Crippen LogP contribution in [0.5, 0.6) is 0 Å². The number of carbonyl (C=O) groups excluding carboxylic acids is 1. The molecule has 1 amide bonds. The summed E-state index contributed by atoms with van der Waals surface area (Å²) in [6.45, 7) is 1.25. The maximum atomic E-state index is 12.4. The fourth-order valence-corrected chi connectivity index (χ4v) is 2.82. The third-order valence-corrected chi connectivity index (χ3v) is 3.78. The van der Waals surface area contributed by atoms with E-state index in [1.165, 1.54) is 5.56 Å². The van der Waals surface area contributed by atoms with Crippen LogP contribution < -0.4 is 5.32 Å². The number of hydrogen-bond donors (Lipinski definition) is 2. The van der Waals surface area contributed by atoms with Gasteiger partial charge in [-0.25, -0.2) is 0 Å². The van der Waals surface area contributed by atoms with Crippen LogP contribution in [0.3, 0.4) is 0 Å². The van der Waals surface area contributed by atoms with Crippen LogP contribution in [0.1, 0.15) is 18.4 Å². The third kappa shape index (κ3) is 2.08. The monoisotopic (exact) mass is 246 g/mol. The van der Waals surface area contributed by atoms with E-state index in [4.69, 9.17) is 0 Å². The van der Waals surface area contributed by atoms with E-state index in [1.807, 2.05) is 18.2 Å². The Kier molecular flexibility index (Phi) is 2.96. The van der Waals surface area contributed by atoms with Crippen molar-refractivity contribution < 1.29 is 9.90 Å². The first kappa shape index (κ1) is 11.5. The van der Waals surface area contributed by atoms with Crippen molar-refractivity contribution in [3.63, 3.8) is 0 Å². The van der Waals surface area contributed by atoms with Gasteiger partial charge in [0, 0.05) is 25.2 Å². The van der Waals surface area contributed by atoms with Crippen molar-refractivity contribution in [2.75, 3.05) is 18.4 Å². The molecule has 2 heterocycles. The first-order valence-electron chi connectivity index (χ1n) is 6.55. The Morgan fingerprint density at radius 1 is 1.39 bits per heavy atom. The summed E-state index contributed by atoms with van der Waals surface area (Å²) < 4.78 is 0. The molecule has 0 spiro atoms. The molecule has 2 aliphatic rings. The fraction of sp³-hybridized carbons (Fsp3) is 0.500. The van der Waals surface area contributed by atoms with Gasteiger partial charge < -0.3 is 15.3 Å². The highest BCUT2D eigenvalue weighted by molar-refractivity contribution is 5.87. The van der Waals surface area contributed by atoms with E-state index in [0.29, 0.717) is 6.54 Å². The minimum absolute atomic E-state index is 0.116. The molecular weight excluding hydrogens is 228 g/mol. The summed E-state index contributed by atoms with van der Waals surface area (Å²) in [5, 5.41) is 12.9. The van der Waals surface area contributed by atoms with Crippen LogP contribution in [-0.2, 0) is 11.2 Å². The number of rotatable bonds is 1.